The molecule has 2 aliphatic rings. The minimum atomic E-state index is 0.668. The average Bonchev–Trinajstić information content (AvgIpc) is 3.08. The summed E-state index contributed by atoms with van der Waals surface area (Å²) in [6.07, 6.45) is 5.13. The molecule has 24 heavy (non-hydrogen) atoms. The Kier molecular flexibility index (Phi) is 7.44. The van der Waals surface area contributed by atoms with E-state index in [2.05, 4.69) is 17.0 Å². The molecule has 134 valence electrons. The summed E-state index contributed by atoms with van der Waals surface area (Å²) in [6, 6.07) is 6.34. The zero-order valence-electron chi connectivity index (χ0n) is 15.4. The van der Waals surface area contributed by atoms with Gasteiger partial charge in [-0.2, -0.15) is 0 Å². The maximum absolute atomic E-state index is 5.61. The van der Waals surface area contributed by atoms with Crippen LogP contribution in [0.1, 0.15) is 45.6 Å². The predicted octanol–water partition coefficient (Wildman–Crippen LogP) is 3.75. The number of ether oxygens (including phenoxy) is 2. The van der Waals surface area contributed by atoms with Crippen LogP contribution in [0, 0.1) is 0 Å². The van der Waals surface area contributed by atoms with E-state index in [1.165, 1.54) is 50.0 Å². The Balaban J connectivity index is 0.000000301. The van der Waals surface area contributed by atoms with Crippen LogP contribution in [0.2, 0.25) is 0 Å². The molecule has 4 heteroatoms. The van der Waals surface area contributed by atoms with Gasteiger partial charge in [0.25, 0.3) is 0 Å². The molecule has 2 aliphatic heterocycles. The van der Waals surface area contributed by atoms with E-state index in [0.717, 1.165) is 23.6 Å². The van der Waals surface area contributed by atoms with Gasteiger partial charge in [0.15, 0.2) is 11.5 Å². The standard InChI is InChI=1S/C15H21NO2.C5H11N/c1-2-8-16(7-1)9-3-4-13-5-6-14-15(12-13)18-11-10-17-14;1-4(2)5(3)6/h5-6,12H,1-4,7-11H2;6H2,1-3H3. The quantitative estimate of drug-likeness (QED) is 0.912. The molecule has 0 aromatic heterocycles. The van der Waals surface area contributed by atoms with Crippen LogP contribution in [-0.4, -0.2) is 37.7 Å². The van der Waals surface area contributed by atoms with Crippen molar-refractivity contribution in [2.45, 2.75) is 46.5 Å². The van der Waals surface area contributed by atoms with Crippen molar-refractivity contribution < 1.29 is 9.47 Å². The van der Waals surface area contributed by atoms with Gasteiger partial charge < -0.3 is 20.1 Å². The van der Waals surface area contributed by atoms with Gasteiger partial charge in [-0.25, -0.2) is 0 Å². The summed E-state index contributed by atoms with van der Waals surface area (Å²) in [7, 11) is 0. The Hall–Kier alpha value is -1.68. The molecule has 0 amide bonds. The third-order valence-corrected chi connectivity index (χ3v) is 4.53. The second-order valence-corrected chi connectivity index (χ2v) is 6.81. The minimum absolute atomic E-state index is 0.668. The fourth-order valence-electron chi connectivity index (χ4n) is 2.76. The van der Waals surface area contributed by atoms with E-state index < -0.39 is 0 Å². The summed E-state index contributed by atoms with van der Waals surface area (Å²) in [6.45, 7) is 11.0. The van der Waals surface area contributed by atoms with Crippen LogP contribution in [-0.2, 0) is 6.42 Å². The van der Waals surface area contributed by atoms with Gasteiger partial charge in [-0.15, -0.1) is 0 Å². The van der Waals surface area contributed by atoms with Crippen molar-refractivity contribution in [3.63, 3.8) is 0 Å². The highest BCUT2D eigenvalue weighted by molar-refractivity contribution is 5.43. The molecule has 2 heterocycles. The summed E-state index contributed by atoms with van der Waals surface area (Å²) < 4.78 is 11.1. The van der Waals surface area contributed by atoms with E-state index in [0.29, 0.717) is 13.2 Å². The Morgan fingerprint density at radius 3 is 2.29 bits per heavy atom. The molecule has 1 aromatic rings. The first-order chi connectivity index (χ1) is 11.6. The topological polar surface area (TPSA) is 47.7 Å². The lowest BCUT2D eigenvalue weighted by Gasteiger charge is -2.19. The zero-order valence-corrected chi connectivity index (χ0v) is 15.4. The summed E-state index contributed by atoms with van der Waals surface area (Å²) >= 11 is 0. The van der Waals surface area contributed by atoms with E-state index in [4.69, 9.17) is 15.2 Å². The molecule has 1 aromatic carbocycles. The minimum Gasteiger partial charge on any atom is -0.486 e. The van der Waals surface area contributed by atoms with Crippen molar-refractivity contribution in [1.29, 1.82) is 0 Å². The van der Waals surface area contributed by atoms with Crippen LogP contribution >= 0.6 is 0 Å². The number of hydrogen-bond donors (Lipinski definition) is 1. The number of likely N-dealkylation sites (tertiary alicyclic amines) is 1. The molecule has 2 N–H and O–H groups in total. The molecule has 0 spiro atoms. The number of benzene rings is 1. The molecule has 1 fully saturated rings. The van der Waals surface area contributed by atoms with E-state index in [-0.39, 0.29) is 0 Å². The number of allylic oxidation sites excluding steroid dienone is 2. The molecule has 3 rings (SSSR count). The average molecular weight is 332 g/mol. The number of aryl methyl sites for hydroxylation is 1. The molecule has 4 nitrogen and oxygen atoms in total. The van der Waals surface area contributed by atoms with Crippen molar-refractivity contribution in [3.8, 4) is 11.5 Å². The van der Waals surface area contributed by atoms with Gasteiger partial charge in [-0.3, -0.25) is 0 Å². The van der Waals surface area contributed by atoms with Gasteiger partial charge >= 0.3 is 0 Å². The summed E-state index contributed by atoms with van der Waals surface area (Å²) in [5, 5.41) is 0. The fraction of sp³-hybridized carbons (Fsp3) is 0.600. The molecule has 0 saturated carbocycles. The monoisotopic (exact) mass is 332 g/mol. The second kappa shape index (κ2) is 9.58. The Morgan fingerprint density at radius 2 is 1.67 bits per heavy atom. The number of fused-ring (bicyclic) bond motifs is 1. The van der Waals surface area contributed by atoms with Crippen LogP contribution < -0.4 is 15.2 Å². The van der Waals surface area contributed by atoms with Gasteiger partial charge in [0.2, 0.25) is 0 Å². The van der Waals surface area contributed by atoms with Crippen molar-refractivity contribution in [1.82, 2.24) is 4.90 Å². The molecule has 0 atom stereocenters. The first-order valence-corrected chi connectivity index (χ1v) is 9.06. The molecular weight excluding hydrogens is 300 g/mol. The van der Waals surface area contributed by atoms with Crippen molar-refractivity contribution in [2.24, 2.45) is 5.73 Å². The molecule has 0 unspecified atom stereocenters. The van der Waals surface area contributed by atoms with Crippen molar-refractivity contribution >= 4 is 0 Å². The lowest BCUT2D eigenvalue weighted by atomic mass is 10.1. The SMILES string of the molecule is CC(C)=C(C)N.c1cc2c(cc1CCCN1CCCC1)OCCO2. The smallest absolute Gasteiger partial charge is 0.161 e. The maximum atomic E-state index is 5.61. The highest BCUT2D eigenvalue weighted by Crippen LogP contribution is 2.31. The van der Waals surface area contributed by atoms with Gasteiger partial charge in [0.1, 0.15) is 13.2 Å². The van der Waals surface area contributed by atoms with Gasteiger partial charge in [-0.1, -0.05) is 11.6 Å². The van der Waals surface area contributed by atoms with E-state index in [9.17, 15) is 0 Å². The molecule has 0 aliphatic carbocycles. The normalized spacial score (nSPS) is 16.3. The number of nitrogens with two attached hydrogens (primary N) is 1. The van der Waals surface area contributed by atoms with E-state index >= 15 is 0 Å². The van der Waals surface area contributed by atoms with Gasteiger partial charge in [-0.05, 0) is 83.8 Å². The third kappa shape index (κ3) is 6.08. The third-order valence-electron chi connectivity index (χ3n) is 4.53. The molecule has 0 bridgehead atoms. The van der Waals surface area contributed by atoms with Crippen LogP contribution in [0.15, 0.2) is 29.5 Å². The van der Waals surface area contributed by atoms with Crippen LogP contribution in [0.25, 0.3) is 0 Å². The summed E-state index contributed by atoms with van der Waals surface area (Å²) in [5.74, 6) is 1.81. The highest BCUT2D eigenvalue weighted by atomic mass is 16.6. The van der Waals surface area contributed by atoms with Crippen LogP contribution in [0.5, 0.6) is 11.5 Å². The highest BCUT2D eigenvalue weighted by Gasteiger charge is 2.13. The first-order valence-electron chi connectivity index (χ1n) is 9.06. The lowest BCUT2D eigenvalue weighted by molar-refractivity contribution is 0.171. The first kappa shape index (κ1) is 18.7. The number of hydrogen-bond acceptors (Lipinski definition) is 4. The van der Waals surface area contributed by atoms with Crippen molar-refractivity contribution in [3.05, 3.63) is 35.0 Å². The second-order valence-electron chi connectivity index (χ2n) is 6.81. The van der Waals surface area contributed by atoms with Crippen LogP contribution in [0.4, 0.5) is 0 Å². The number of nitrogens with zero attached hydrogens (tertiary/aromatic N) is 1. The van der Waals surface area contributed by atoms with Crippen molar-refractivity contribution in [2.75, 3.05) is 32.8 Å². The Labute approximate surface area is 146 Å². The molecule has 0 radical (unpaired) electrons. The van der Waals surface area contributed by atoms with E-state index in [1.807, 2.05) is 26.8 Å². The maximum Gasteiger partial charge on any atom is 0.161 e. The molecule has 1 saturated heterocycles. The lowest BCUT2D eigenvalue weighted by Crippen LogP contribution is -2.20. The van der Waals surface area contributed by atoms with Crippen LogP contribution in [0.3, 0.4) is 0 Å². The van der Waals surface area contributed by atoms with Gasteiger partial charge in [0.05, 0.1) is 0 Å². The number of rotatable bonds is 4. The predicted molar refractivity (Wildman–Crippen MR) is 99.7 cm³/mol. The zero-order chi connectivity index (χ0) is 17.4. The summed E-state index contributed by atoms with van der Waals surface area (Å²) in [5.41, 5.74) is 8.80. The summed E-state index contributed by atoms with van der Waals surface area (Å²) in [4.78, 5) is 2.57. The van der Waals surface area contributed by atoms with E-state index in [1.54, 1.807) is 0 Å². The molecular formula is C20H32N2O2. The fourth-order valence-corrected chi connectivity index (χ4v) is 2.76. The van der Waals surface area contributed by atoms with Gasteiger partial charge in [0, 0.05) is 5.70 Å². The Bertz CT molecular complexity index is 531. The largest absolute Gasteiger partial charge is 0.486 e. The Morgan fingerprint density at radius 1 is 1.04 bits per heavy atom.